The predicted molar refractivity (Wildman–Crippen MR) is 78.8 cm³/mol. The minimum absolute atomic E-state index is 0.129. The van der Waals surface area contributed by atoms with Crippen LogP contribution in [-0.2, 0) is 6.54 Å². The van der Waals surface area contributed by atoms with Crippen molar-refractivity contribution in [2.24, 2.45) is 0 Å². The maximum atomic E-state index is 12.5. The van der Waals surface area contributed by atoms with Crippen LogP contribution in [-0.4, -0.2) is 58.7 Å². The number of likely N-dealkylation sites (N-methyl/N-ethyl adjacent to an activating group) is 1. The first kappa shape index (κ1) is 13.1. The van der Waals surface area contributed by atoms with E-state index >= 15 is 0 Å². The fourth-order valence-electron chi connectivity index (χ4n) is 2.65. The number of nitrogens with zero attached hydrogens (tertiary/aromatic N) is 4. The maximum Gasteiger partial charge on any atom is 0.254 e. The zero-order chi connectivity index (χ0) is 14.1. The van der Waals surface area contributed by atoms with Gasteiger partial charge < -0.3 is 9.80 Å². The summed E-state index contributed by atoms with van der Waals surface area (Å²) >= 11 is 0. The first-order chi connectivity index (χ1) is 9.69. The Labute approximate surface area is 118 Å². The van der Waals surface area contributed by atoms with Crippen LogP contribution in [0.5, 0.6) is 0 Å². The van der Waals surface area contributed by atoms with E-state index in [4.69, 9.17) is 0 Å². The number of fused-ring (bicyclic) bond motifs is 1. The summed E-state index contributed by atoms with van der Waals surface area (Å²) in [6, 6.07) is 5.86. The van der Waals surface area contributed by atoms with Gasteiger partial charge in [0, 0.05) is 43.7 Å². The molecule has 0 N–H and O–H groups in total. The minimum Gasteiger partial charge on any atom is -0.336 e. The van der Waals surface area contributed by atoms with Crippen molar-refractivity contribution in [2.45, 2.75) is 13.5 Å². The molecule has 0 unspecified atom stereocenters. The van der Waals surface area contributed by atoms with Crippen molar-refractivity contribution in [3.63, 3.8) is 0 Å². The first-order valence-corrected chi connectivity index (χ1v) is 7.12. The highest BCUT2D eigenvalue weighted by Gasteiger charge is 2.20. The lowest BCUT2D eigenvalue weighted by Gasteiger charge is -2.32. The molecule has 2 aromatic rings. The van der Waals surface area contributed by atoms with E-state index < -0.39 is 0 Å². The van der Waals surface area contributed by atoms with Crippen molar-refractivity contribution in [2.75, 3.05) is 33.2 Å². The third-order valence-electron chi connectivity index (χ3n) is 3.98. The number of aryl methyl sites for hydroxylation is 1. The Morgan fingerprint density at radius 1 is 1.25 bits per heavy atom. The fraction of sp³-hybridized carbons (Fsp3) is 0.467. The number of rotatable bonds is 2. The summed E-state index contributed by atoms with van der Waals surface area (Å²) < 4.78 is 1.93. The zero-order valence-electron chi connectivity index (χ0n) is 12.0. The number of carbonyl (C=O) groups excluding carboxylic acids is 1. The van der Waals surface area contributed by atoms with Crippen LogP contribution in [0.2, 0.25) is 0 Å². The molecule has 5 heteroatoms. The maximum absolute atomic E-state index is 12.5. The molecule has 5 nitrogen and oxygen atoms in total. The molecule has 0 aliphatic carbocycles. The van der Waals surface area contributed by atoms with Gasteiger partial charge in [0.2, 0.25) is 0 Å². The lowest BCUT2D eigenvalue weighted by atomic mass is 10.1. The smallest absolute Gasteiger partial charge is 0.254 e. The van der Waals surface area contributed by atoms with Crippen LogP contribution >= 0.6 is 0 Å². The highest BCUT2D eigenvalue weighted by Crippen LogP contribution is 2.17. The monoisotopic (exact) mass is 272 g/mol. The molecule has 20 heavy (non-hydrogen) atoms. The van der Waals surface area contributed by atoms with Gasteiger partial charge in [-0.1, -0.05) is 6.07 Å². The highest BCUT2D eigenvalue weighted by molar-refractivity contribution is 5.97. The Morgan fingerprint density at radius 2 is 2.00 bits per heavy atom. The summed E-state index contributed by atoms with van der Waals surface area (Å²) in [5, 5.41) is 5.41. The predicted octanol–water partition coefficient (Wildman–Crippen LogP) is 1.44. The van der Waals surface area contributed by atoms with Crippen molar-refractivity contribution in [1.29, 1.82) is 0 Å². The molecule has 106 valence electrons. The number of aromatic nitrogens is 2. The first-order valence-electron chi connectivity index (χ1n) is 7.12. The number of hydrogen-bond acceptors (Lipinski definition) is 3. The molecule has 1 aliphatic heterocycles. The lowest BCUT2D eigenvalue weighted by Crippen LogP contribution is -2.47. The van der Waals surface area contributed by atoms with Gasteiger partial charge in [-0.15, -0.1) is 0 Å². The Kier molecular flexibility index (Phi) is 3.44. The molecule has 0 atom stereocenters. The zero-order valence-corrected chi connectivity index (χ0v) is 12.0. The van der Waals surface area contributed by atoms with E-state index in [0.717, 1.165) is 49.2 Å². The molecule has 0 radical (unpaired) electrons. The van der Waals surface area contributed by atoms with Crippen LogP contribution in [0.1, 0.15) is 17.3 Å². The molecular weight excluding hydrogens is 252 g/mol. The Balaban J connectivity index is 1.87. The summed E-state index contributed by atoms with van der Waals surface area (Å²) in [5.41, 5.74) is 1.80. The van der Waals surface area contributed by atoms with Gasteiger partial charge in [-0.25, -0.2) is 0 Å². The second-order valence-electron chi connectivity index (χ2n) is 5.33. The summed E-state index contributed by atoms with van der Waals surface area (Å²) in [6.07, 6.45) is 1.85. The normalized spacial score (nSPS) is 16.8. The van der Waals surface area contributed by atoms with Crippen LogP contribution in [0.3, 0.4) is 0 Å². The van der Waals surface area contributed by atoms with E-state index in [1.165, 1.54) is 0 Å². The van der Waals surface area contributed by atoms with E-state index in [-0.39, 0.29) is 5.91 Å². The molecule has 2 heterocycles. The number of piperazine rings is 1. The molecule has 1 amide bonds. The molecule has 1 aliphatic rings. The number of benzene rings is 1. The van der Waals surface area contributed by atoms with Crippen molar-refractivity contribution in [1.82, 2.24) is 19.6 Å². The lowest BCUT2D eigenvalue weighted by molar-refractivity contribution is 0.0664. The van der Waals surface area contributed by atoms with Gasteiger partial charge in [0.05, 0.1) is 11.7 Å². The van der Waals surface area contributed by atoms with Crippen molar-refractivity contribution in [3.05, 3.63) is 30.0 Å². The molecule has 1 aromatic heterocycles. The van der Waals surface area contributed by atoms with E-state index in [1.807, 2.05) is 34.0 Å². The van der Waals surface area contributed by atoms with Crippen LogP contribution in [0.15, 0.2) is 24.4 Å². The third-order valence-corrected chi connectivity index (χ3v) is 3.98. The standard InChI is InChI=1S/C15H20N4O/c1-3-19-14-10-12(4-5-13(14)11-16-19)15(20)18-8-6-17(2)7-9-18/h4-5,10-11H,3,6-9H2,1-2H3. The van der Waals surface area contributed by atoms with Crippen LogP contribution < -0.4 is 0 Å². The van der Waals surface area contributed by atoms with Crippen LogP contribution in [0.25, 0.3) is 10.9 Å². The van der Waals surface area contributed by atoms with Crippen molar-refractivity contribution < 1.29 is 4.79 Å². The van der Waals surface area contributed by atoms with Crippen molar-refractivity contribution >= 4 is 16.8 Å². The van der Waals surface area contributed by atoms with Gasteiger partial charge in [0.25, 0.3) is 5.91 Å². The second-order valence-corrected chi connectivity index (χ2v) is 5.33. The number of hydrogen-bond donors (Lipinski definition) is 0. The number of carbonyl (C=O) groups is 1. The molecule has 1 saturated heterocycles. The van der Waals surface area contributed by atoms with E-state index in [0.29, 0.717) is 0 Å². The minimum atomic E-state index is 0.129. The molecular formula is C15H20N4O. The van der Waals surface area contributed by atoms with Gasteiger partial charge >= 0.3 is 0 Å². The average Bonchev–Trinajstić information content (AvgIpc) is 2.89. The van der Waals surface area contributed by atoms with Crippen LogP contribution in [0, 0.1) is 0 Å². The topological polar surface area (TPSA) is 41.4 Å². The van der Waals surface area contributed by atoms with E-state index in [9.17, 15) is 4.79 Å². The largest absolute Gasteiger partial charge is 0.336 e. The summed E-state index contributed by atoms with van der Waals surface area (Å²) in [4.78, 5) is 16.7. The van der Waals surface area contributed by atoms with Crippen LogP contribution in [0.4, 0.5) is 0 Å². The SMILES string of the molecule is CCn1ncc2ccc(C(=O)N3CCN(C)CC3)cc21. The molecule has 3 rings (SSSR count). The van der Waals surface area contributed by atoms with Gasteiger partial charge in [-0.3, -0.25) is 9.48 Å². The Bertz CT molecular complexity index is 626. The Morgan fingerprint density at radius 3 is 2.70 bits per heavy atom. The third kappa shape index (κ3) is 2.29. The fourth-order valence-corrected chi connectivity index (χ4v) is 2.65. The molecule has 0 spiro atoms. The number of amides is 1. The van der Waals surface area contributed by atoms with E-state index in [1.54, 1.807) is 0 Å². The summed E-state index contributed by atoms with van der Waals surface area (Å²) in [6.45, 7) is 6.37. The second kappa shape index (κ2) is 5.25. The molecule has 0 bridgehead atoms. The van der Waals surface area contributed by atoms with Gasteiger partial charge in [-0.2, -0.15) is 5.10 Å². The van der Waals surface area contributed by atoms with Gasteiger partial charge in [0.1, 0.15) is 0 Å². The highest BCUT2D eigenvalue weighted by atomic mass is 16.2. The molecule has 1 fully saturated rings. The quantitative estimate of drug-likeness (QED) is 0.831. The van der Waals surface area contributed by atoms with Gasteiger partial charge in [0.15, 0.2) is 0 Å². The Hall–Kier alpha value is -1.88. The average molecular weight is 272 g/mol. The molecule has 1 aromatic carbocycles. The van der Waals surface area contributed by atoms with E-state index in [2.05, 4.69) is 24.0 Å². The van der Waals surface area contributed by atoms with Gasteiger partial charge in [-0.05, 0) is 26.1 Å². The van der Waals surface area contributed by atoms with Crippen molar-refractivity contribution in [3.8, 4) is 0 Å². The summed E-state index contributed by atoms with van der Waals surface area (Å²) in [5.74, 6) is 0.129. The molecule has 0 saturated carbocycles. The summed E-state index contributed by atoms with van der Waals surface area (Å²) in [7, 11) is 2.09.